The highest BCUT2D eigenvalue weighted by Gasteiger charge is 2.34. The highest BCUT2D eigenvalue weighted by molar-refractivity contribution is 8.14. The predicted octanol–water partition coefficient (Wildman–Crippen LogP) is -0.121. The molecule has 9 nitrogen and oxygen atoms in total. The molecule has 3 heterocycles. The fourth-order valence-corrected chi connectivity index (χ4v) is 3.32. The Bertz CT molecular complexity index is 799. The van der Waals surface area contributed by atoms with Crippen LogP contribution < -0.4 is 10.6 Å². The van der Waals surface area contributed by atoms with Crippen LogP contribution in [-0.2, 0) is 16.2 Å². The molecule has 2 aromatic heterocycles. The monoisotopic (exact) mass is 334 g/mol. The number of nitrogen functional groups attached to an aromatic ring is 1. The van der Waals surface area contributed by atoms with Crippen molar-refractivity contribution in [2.24, 2.45) is 0 Å². The molecule has 120 valence electrons. The molecule has 0 radical (unpaired) electrons. The maximum Gasteiger partial charge on any atom is 0.229 e. The molecule has 0 saturated carbocycles. The molecule has 1 atom stereocenters. The van der Waals surface area contributed by atoms with Gasteiger partial charge in [-0.3, -0.25) is 14.5 Å². The molecule has 0 bridgehead atoms. The number of hydrogen-bond acceptors (Lipinski definition) is 9. The summed E-state index contributed by atoms with van der Waals surface area (Å²) in [7, 11) is 0. The topological polar surface area (TPSA) is 135 Å². The quantitative estimate of drug-likeness (QED) is 0.787. The maximum absolute atomic E-state index is 12.3. The summed E-state index contributed by atoms with van der Waals surface area (Å²) in [6.07, 6.45) is 1.63. The van der Waals surface area contributed by atoms with Crippen LogP contribution in [-0.4, -0.2) is 47.9 Å². The lowest BCUT2D eigenvalue weighted by atomic mass is 10.4. The number of thioether (sulfide) groups is 1. The van der Waals surface area contributed by atoms with Crippen LogP contribution in [0.15, 0.2) is 6.20 Å². The summed E-state index contributed by atoms with van der Waals surface area (Å²) in [6, 6.07) is 0. The Morgan fingerprint density at radius 3 is 2.96 bits per heavy atom. The van der Waals surface area contributed by atoms with E-state index in [-0.39, 0.29) is 46.7 Å². The van der Waals surface area contributed by atoms with Gasteiger partial charge >= 0.3 is 0 Å². The van der Waals surface area contributed by atoms with Crippen LogP contribution in [0.25, 0.3) is 11.2 Å². The molecule has 0 aromatic carbocycles. The van der Waals surface area contributed by atoms with Crippen molar-refractivity contribution in [3.8, 4) is 0 Å². The number of fused-ring (bicyclic) bond motifs is 1. The molecule has 1 aliphatic heterocycles. The smallest absolute Gasteiger partial charge is 0.229 e. The van der Waals surface area contributed by atoms with Crippen molar-refractivity contribution in [1.29, 1.82) is 0 Å². The van der Waals surface area contributed by atoms with Crippen LogP contribution in [0.4, 0.5) is 11.8 Å². The second-order valence-electron chi connectivity index (χ2n) is 5.04. The average molecular weight is 334 g/mol. The first-order valence-electron chi connectivity index (χ1n) is 6.85. The summed E-state index contributed by atoms with van der Waals surface area (Å²) < 4.78 is 0. The number of nitrogens with two attached hydrogens (primary N) is 1. The lowest BCUT2D eigenvalue weighted by molar-refractivity contribution is -0.117. The third-order valence-corrected chi connectivity index (χ3v) is 4.28. The minimum atomic E-state index is -0.288. The Morgan fingerprint density at radius 2 is 2.26 bits per heavy atom. The number of carbonyl (C=O) groups is 2. The zero-order valence-corrected chi connectivity index (χ0v) is 13.1. The first-order valence-corrected chi connectivity index (χ1v) is 7.73. The molecule has 3 N–H and O–H groups in total. The molecule has 1 saturated heterocycles. The van der Waals surface area contributed by atoms with E-state index in [0.717, 1.165) is 11.8 Å². The summed E-state index contributed by atoms with van der Waals surface area (Å²) in [5.41, 5.74) is 6.58. The number of amides is 1. The maximum atomic E-state index is 12.3. The van der Waals surface area contributed by atoms with E-state index < -0.39 is 0 Å². The van der Waals surface area contributed by atoms with E-state index in [4.69, 9.17) is 5.73 Å². The molecule has 0 aliphatic carbocycles. The number of anilines is 2. The second kappa shape index (κ2) is 6.05. The summed E-state index contributed by atoms with van der Waals surface area (Å²) in [5.74, 6) is 0.0697. The van der Waals surface area contributed by atoms with Gasteiger partial charge in [0.05, 0.1) is 18.5 Å². The molecule has 1 aliphatic rings. The van der Waals surface area contributed by atoms with Crippen molar-refractivity contribution in [2.75, 3.05) is 17.2 Å². The van der Waals surface area contributed by atoms with Crippen LogP contribution in [0.3, 0.4) is 0 Å². The molecule has 10 heteroatoms. The Balaban J connectivity index is 2.04. The highest BCUT2D eigenvalue weighted by atomic mass is 32.2. The Morgan fingerprint density at radius 1 is 1.48 bits per heavy atom. The molecule has 3 rings (SSSR count). The number of hydrogen-bond donors (Lipinski definition) is 2. The van der Waals surface area contributed by atoms with Crippen molar-refractivity contribution < 1.29 is 14.7 Å². The standard InChI is InChI=1S/C13H14N6O3S/c1-6(21)23-8-2-9(22)19(4-8)12-10-11(17-13(14)18-12)15-3-7(5-20)16-10/h3,8,20H,2,4-5H2,1H3,(H2,14,15,17,18). The predicted molar refractivity (Wildman–Crippen MR) is 84.5 cm³/mol. The van der Waals surface area contributed by atoms with Crippen molar-refractivity contribution in [3.05, 3.63) is 11.9 Å². The largest absolute Gasteiger partial charge is 0.390 e. The molecule has 1 fully saturated rings. The van der Waals surface area contributed by atoms with Gasteiger partial charge in [0, 0.05) is 25.1 Å². The van der Waals surface area contributed by atoms with Gasteiger partial charge in [-0.15, -0.1) is 0 Å². The van der Waals surface area contributed by atoms with Crippen molar-refractivity contribution >= 4 is 45.7 Å². The molecule has 2 aromatic rings. The van der Waals surface area contributed by atoms with Gasteiger partial charge in [-0.1, -0.05) is 11.8 Å². The van der Waals surface area contributed by atoms with Crippen LogP contribution in [0, 0.1) is 0 Å². The number of rotatable bonds is 3. The van der Waals surface area contributed by atoms with Crippen LogP contribution >= 0.6 is 11.8 Å². The minimum absolute atomic E-state index is 0.0194. The lowest BCUT2D eigenvalue weighted by Crippen LogP contribution is -2.27. The van der Waals surface area contributed by atoms with E-state index in [1.807, 2.05) is 0 Å². The highest BCUT2D eigenvalue weighted by Crippen LogP contribution is 2.30. The van der Waals surface area contributed by atoms with Gasteiger partial charge in [-0.2, -0.15) is 9.97 Å². The normalized spacial score (nSPS) is 17.9. The van der Waals surface area contributed by atoms with Crippen LogP contribution in [0.1, 0.15) is 19.0 Å². The second-order valence-corrected chi connectivity index (χ2v) is 6.51. The van der Waals surface area contributed by atoms with Crippen molar-refractivity contribution in [3.63, 3.8) is 0 Å². The van der Waals surface area contributed by atoms with Crippen LogP contribution in [0.2, 0.25) is 0 Å². The Kier molecular flexibility index (Phi) is 4.09. The van der Waals surface area contributed by atoms with Gasteiger partial charge in [0.25, 0.3) is 0 Å². The number of aromatic nitrogens is 4. The van der Waals surface area contributed by atoms with Gasteiger partial charge in [-0.25, -0.2) is 9.97 Å². The van der Waals surface area contributed by atoms with E-state index >= 15 is 0 Å². The molecule has 0 spiro atoms. The van der Waals surface area contributed by atoms with Crippen molar-refractivity contribution in [1.82, 2.24) is 19.9 Å². The number of carbonyl (C=O) groups excluding carboxylic acids is 2. The minimum Gasteiger partial charge on any atom is -0.390 e. The summed E-state index contributed by atoms with van der Waals surface area (Å²) in [6.45, 7) is 1.51. The zero-order valence-electron chi connectivity index (χ0n) is 12.3. The fourth-order valence-electron chi connectivity index (χ4n) is 2.40. The first-order chi connectivity index (χ1) is 11.0. The third kappa shape index (κ3) is 3.08. The molecular weight excluding hydrogens is 320 g/mol. The third-order valence-electron chi connectivity index (χ3n) is 3.30. The van der Waals surface area contributed by atoms with E-state index in [1.54, 1.807) is 0 Å². The zero-order chi connectivity index (χ0) is 16.6. The van der Waals surface area contributed by atoms with E-state index in [0.29, 0.717) is 17.8 Å². The molecule has 1 unspecified atom stereocenters. The number of aliphatic hydroxyl groups is 1. The summed E-state index contributed by atoms with van der Waals surface area (Å²) in [4.78, 5) is 41.4. The molecular formula is C13H14N6O3S. The number of nitrogens with zero attached hydrogens (tertiary/aromatic N) is 5. The van der Waals surface area contributed by atoms with E-state index in [1.165, 1.54) is 18.0 Å². The van der Waals surface area contributed by atoms with Gasteiger partial charge in [0.1, 0.15) is 0 Å². The lowest BCUT2D eigenvalue weighted by Gasteiger charge is -2.17. The van der Waals surface area contributed by atoms with Gasteiger partial charge in [0.2, 0.25) is 11.9 Å². The fraction of sp³-hybridized carbons (Fsp3) is 0.385. The number of aliphatic hydroxyl groups excluding tert-OH is 1. The van der Waals surface area contributed by atoms with Gasteiger partial charge in [0.15, 0.2) is 22.1 Å². The van der Waals surface area contributed by atoms with Crippen molar-refractivity contribution in [2.45, 2.75) is 25.2 Å². The van der Waals surface area contributed by atoms with E-state index in [9.17, 15) is 14.7 Å². The average Bonchev–Trinajstić information content (AvgIpc) is 2.85. The van der Waals surface area contributed by atoms with Gasteiger partial charge in [-0.05, 0) is 0 Å². The van der Waals surface area contributed by atoms with Crippen LogP contribution in [0.5, 0.6) is 0 Å². The SMILES string of the molecule is CC(=O)SC1CC(=O)N(c2nc(N)nc3ncc(CO)nc23)C1. The summed E-state index contributed by atoms with van der Waals surface area (Å²) in [5, 5.41) is 9.03. The van der Waals surface area contributed by atoms with E-state index in [2.05, 4.69) is 19.9 Å². The Hall–Kier alpha value is -2.33. The Labute approximate surface area is 135 Å². The van der Waals surface area contributed by atoms with Gasteiger partial charge < -0.3 is 10.8 Å². The molecule has 1 amide bonds. The summed E-state index contributed by atoms with van der Waals surface area (Å²) >= 11 is 1.13. The first kappa shape index (κ1) is 15.6. The molecule has 23 heavy (non-hydrogen) atoms.